The van der Waals surface area contributed by atoms with Gasteiger partial charge >= 0.3 is 0 Å². The van der Waals surface area contributed by atoms with Crippen molar-refractivity contribution < 1.29 is 0 Å². The van der Waals surface area contributed by atoms with Crippen LogP contribution in [0.5, 0.6) is 0 Å². The molecule has 114 valence electrons. The van der Waals surface area contributed by atoms with E-state index in [1.165, 1.54) is 49.2 Å². The van der Waals surface area contributed by atoms with Crippen LogP contribution in [0.3, 0.4) is 0 Å². The number of nitrogens with zero attached hydrogens (tertiary/aromatic N) is 1. The summed E-state index contributed by atoms with van der Waals surface area (Å²) >= 11 is 1.87. The Labute approximate surface area is 128 Å². The van der Waals surface area contributed by atoms with Crippen LogP contribution in [0.4, 0.5) is 0 Å². The summed E-state index contributed by atoms with van der Waals surface area (Å²) in [5.41, 5.74) is 1.42. The topological polar surface area (TPSA) is 24.9 Å². The molecule has 2 atom stereocenters. The van der Waals surface area contributed by atoms with Crippen LogP contribution in [0.25, 0.3) is 0 Å². The standard InChI is InChI=1S/C17H30N2S/c1-5-11-18-17(9-6-7-14(4)8-10-17)16-19-15(12-20-16)13(2)3/h12-14,18H,5-11H2,1-4H3. The minimum Gasteiger partial charge on any atom is -0.305 e. The number of thiazole rings is 1. The summed E-state index contributed by atoms with van der Waals surface area (Å²) in [4.78, 5) is 4.98. The second kappa shape index (κ2) is 7.04. The molecule has 0 radical (unpaired) electrons. The molecule has 0 aromatic carbocycles. The third kappa shape index (κ3) is 3.62. The highest BCUT2D eigenvalue weighted by atomic mass is 32.1. The Morgan fingerprint density at radius 2 is 2.20 bits per heavy atom. The molecular weight excluding hydrogens is 264 g/mol. The monoisotopic (exact) mass is 294 g/mol. The summed E-state index contributed by atoms with van der Waals surface area (Å²) < 4.78 is 0. The van der Waals surface area contributed by atoms with Gasteiger partial charge < -0.3 is 5.32 Å². The Bertz CT molecular complexity index is 409. The lowest BCUT2D eigenvalue weighted by Crippen LogP contribution is -2.42. The zero-order valence-electron chi connectivity index (χ0n) is 13.5. The smallest absolute Gasteiger partial charge is 0.113 e. The lowest BCUT2D eigenvalue weighted by atomic mass is 9.90. The lowest BCUT2D eigenvalue weighted by Gasteiger charge is -2.32. The second-order valence-corrected chi connectivity index (χ2v) is 7.64. The predicted molar refractivity (Wildman–Crippen MR) is 88.4 cm³/mol. The molecule has 1 aliphatic rings. The predicted octanol–water partition coefficient (Wildman–Crippen LogP) is 5.06. The van der Waals surface area contributed by atoms with Crippen LogP contribution in [-0.2, 0) is 5.54 Å². The molecule has 2 unspecified atom stereocenters. The molecule has 0 bridgehead atoms. The van der Waals surface area contributed by atoms with Crippen molar-refractivity contribution >= 4 is 11.3 Å². The van der Waals surface area contributed by atoms with Gasteiger partial charge in [-0.1, -0.05) is 40.5 Å². The van der Waals surface area contributed by atoms with Gasteiger partial charge in [-0.2, -0.15) is 0 Å². The number of nitrogens with one attached hydrogen (secondary N) is 1. The maximum Gasteiger partial charge on any atom is 0.113 e. The Balaban J connectivity index is 2.24. The fourth-order valence-corrected chi connectivity index (χ4v) is 4.33. The van der Waals surface area contributed by atoms with Gasteiger partial charge in [0.2, 0.25) is 0 Å². The average Bonchev–Trinajstić information content (AvgIpc) is 2.85. The molecule has 0 amide bonds. The Morgan fingerprint density at radius 3 is 2.85 bits per heavy atom. The van der Waals surface area contributed by atoms with Crippen molar-refractivity contribution in [1.82, 2.24) is 10.3 Å². The number of aromatic nitrogens is 1. The Kier molecular flexibility index (Phi) is 5.62. The van der Waals surface area contributed by atoms with Crippen LogP contribution in [0.15, 0.2) is 5.38 Å². The molecule has 1 N–H and O–H groups in total. The third-order valence-electron chi connectivity index (χ3n) is 4.60. The fraction of sp³-hybridized carbons (Fsp3) is 0.824. The first-order chi connectivity index (χ1) is 9.57. The van der Waals surface area contributed by atoms with Crippen molar-refractivity contribution in [2.75, 3.05) is 6.54 Å². The van der Waals surface area contributed by atoms with E-state index in [-0.39, 0.29) is 5.54 Å². The summed E-state index contributed by atoms with van der Waals surface area (Å²) in [6.07, 6.45) is 7.72. The van der Waals surface area contributed by atoms with Crippen molar-refractivity contribution in [3.05, 3.63) is 16.1 Å². The molecule has 0 spiro atoms. The van der Waals surface area contributed by atoms with Gasteiger partial charge in [0.1, 0.15) is 5.01 Å². The van der Waals surface area contributed by atoms with Crippen molar-refractivity contribution in [2.24, 2.45) is 5.92 Å². The minimum atomic E-state index is 0.151. The maximum absolute atomic E-state index is 4.98. The van der Waals surface area contributed by atoms with E-state index in [0.717, 1.165) is 12.5 Å². The van der Waals surface area contributed by atoms with Crippen LogP contribution in [-0.4, -0.2) is 11.5 Å². The van der Waals surface area contributed by atoms with Gasteiger partial charge in [-0.05, 0) is 44.1 Å². The summed E-state index contributed by atoms with van der Waals surface area (Å²) in [5.74, 6) is 1.40. The van der Waals surface area contributed by atoms with Gasteiger partial charge in [0.25, 0.3) is 0 Å². The van der Waals surface area contributed by atoms with E-state index in [0.29, 0.717) is 5.92 Å². The van der Waals surface area contributed by atoms with Crippen LogP contribution >= 0.6 is 11.3 Å². The van der Waals surface area contributed by atoms with Crippen LogP contribution in [0.2, 0.25) is 0 Å². The number of rotatable bonds is 5. The normalized spacial score (nSPS) is 27.8. The Hall–Kier alpha value is -0.410. The zero-order valence-corrected chi connectivity index (χ0v) is 14.4. The summed E-state index contributed by atoms with van der Waals surface area (Å²) in [7, 11) is 0. The van der Waals surface area contributed by atoms with Crippen LogP contribution in [0.1, 0.15) is 82.8 Å². The van der Waals surface area contributed by atoms with Crippen molar-refractivity contribution in [3.63, 3.8) is 0 Å². The summed E-state index contributed by atoms with van der Waals surface area (Å²) in [5, 5.41) is 7.47. The van der Waals surface area contributed by atoms with Gasteiger partial charge in [0.05, 0.1) is 11.2 Å². The van der Waals surface area contributed by atoms with Gasteiger partial charge in [-0.25, -0.2) is 4.98 Å². The van der Waals surface area contributed by atoms with Crippen molar-refractivity contribution in [3.8, 4) is 0 Å². The molecule has 2 rings (SSSR count). The first-order valence-electron chi connectivity index (χ1n) is 8.28. The molecular formula is C17H30N2S. The Morgan fingerprint density at radius 1 is 1.40 bits per heavy atom. The quantitative estimate of drug-likeness (QED) is 0.768. The van der Waals surface area contributed by atoms with E-state index in [1.54, 1.807) is 0 Å². The zero-order chi connectivity index (χ0) is 14.6. The molecule has 20 heavy (non-hydrogen) atoms. The largest absolute Gasteiger partial charge is 0.305 e. The summed E-state index contributed by atoms with van der Waals surface area (Å²) in [6, 6.07) is 0. The highest BCUT2D eigenvalue weighted by Gasteiger charge is 2.36. The lowest BCUT2D eigenvalue weighted by molar-refractivity contribution is 0.286. The molecule has 1 aromatic rings. The third-order valence-corrected chi connectivity index (χ3v) is 5.67. The molecule has 1 saturated carbocycles. The number of hydrogen-bond donors (Lipinski definition) is 1. The first-order valence-corrected chi connectivity index (χ1v) is 9.16. The van der Waals surface area contributed by atoms with E-state index in [1.807, 2.05) is 11.3 Å². The average molecular weight is 295 g/mol. The molecule has 0 aliphatic heterocycles. The maximum atomic E-state index is 4.98. The van der Waals surface area contributed by atoms with Gasteiger partial charge in [-0.3, -0.25) is 0 Å². The highest BCUT2D eigenvalue weighted by Crippen LogP contribution is 2.39. The second-order valence-electron chi connectivity index (χ2n) is 6.78. The van der Waals surface area contributed by atoms with E-state index in [2.05, 4.69) is 38.4 Å². The molecule has 1 fully saturated rings. The van der Waals surface area contributed by atoms with E-state index >= 15 is 0 Å². The van der Waals surface area contributed by atoms with Crippen molar-refractivity contribution in [1.29, 1.82) is 0 Å². The summed E-state index contributed by atoms with van der Waals surface area (Å²) in [6.45, 7) is 10.2. The van der Waals surface area contributed by atoms with Crippen LogP contribution < -0.4 is 5.32 Å². The highest BCUT2D eigenvalue weighted by molar-refractivity contribution is 7.09. The SMILES string of the molecule is CCCNC1(c2nc(C(C)C)cs2)CCCC(C)CC1. The first kappa shape index (κ1) is 16.0. The molecule has 2 nitrogen and oxygen atoms in total. The van der Waals surface area contributed by atoms with Gasteiger partial charge in [-0.15, -0.1) is 11.3 Å². The van der Waals surface area contributed by atoms with E-state index < -0.39 is 0 Å². The van der Waals surface area contributed by atoms with Gasteiger partial charge in [0.15, 0.2) is 0 Å². The van der Waals surface area contributed by atoms with Gasteiger partial charge in [0, 0.05) is 5.38 Å². The fourth-order valence-electron chi connectivity index (χ4n) is 3.12. The van der Waals surface area contributed by atoms with E-state index in [4.69, 9.17) is 4.98 Å². The minimum absolute atomic E-state index is 0.151. The molecule has 1 aromatic heterocycles. The van der Waals surface area contributed by atoms with E-state index in [9.17, 15) is 0 Å². The molecule has 1 aliphatic carbocycles. The van der Waals surface area contributed by atoms with Crippen molar-refractivity contribution in [2.45, 2.75) is 77.7 Å². The van der Waals surface area contributed by atoms with Crippen LogP contribution in [0, 0.1) is 5.92 Å². The molecule has 1 heterocycles. The molecule has 3 heteroatoms. The number of hydrogen-bond acceptors (Lipinski definition) is 3. The molecule has 0 saturated heterocycles.